The molecule has 0 aliphatic carbocycles. The molecular formula is C15H18F3NO2. The van der Waals surface area contributed by atoms with Crippen molar-refractivity contribution in [2.24, 2.45) is 0 Å². The number of halogens is 3. The van der Waals surface area contributed by atoms with Crippen molar-refractivity contribution >= 4 is 5.91 Å². The van der Waals surface area contributed by atoms with E-state index in [0.717, 1.165) is 31.4 Å². The normalized spacial score (nSPS) is 19.0. The van der Waals surface area contributed by atoms with Gasteiger partial charge in [0.15, 0.2) is 0 Å². The standard InChI is InChI=1S/C15H18F3NO2/c16-15(17,18)12-7-5-11(6-8-12)14(21)19-9-1-3-13(19)4-2-10-20/h5-8,13,20H,1-4,9-10H2. The van der Waals surface area contributed by atoms with Crippen molar-refractivity contribution in [1.29, 1.82) is 0 Å². The lowest BCUT2D eigenvalue weighted by atomic mass is 10.1. The van der Waals surface area contributed by atoms with Gasteiger partial charge in [-0.3, -0.25) is 4.79 Å². The average molecular weight is 301 g/mol. The van der Waals surface area contributed by atoms with Gasteiger partial charge in [0.05, 0.1) is 5.56 Å². The number of aliphatic hydroxyl groups is 1. The third-order valence-corrected chi connectivity index (χ3v) is 3.79. The van der Waals surface area contributed by atoms with Crippen molar-refractivity contribution in [1.82, 2.24) is 4.90 Å². The summed E-state index contributed by atoms with van der Waals surface area (Å²) in [6, 6.07) is 4.41. The second-order valence-corrected chi connectivity index (χ2v) is 5.24. The fraction of sp³-hybridized carbons (Fsp3) is 0.533. The number of carbonyl (C=O) groups excluding carboxylic acids is 1. The van der Waals surface area contributed by atoms with Crippen molar-refractivity contribution in [3.8, 4) is 0 Å². The number of likely N-dealkylation sites (tertiary alicyclic amines) is 1. The summed E-state index contributed by atoms with van der Waals surface area (Å²) in [5, 5.41) is 8.87. The average Bonchev–Trinajstić information content (AvgIpc) is 2.92. The highest BCUT2D eigenvalue weighted by molar-refractivity contribution is 5.94. The summed E-state index contributed by atoms with van der Waals surface area (Å²) in [4.78, 5) is 14.1. The number of hydrogen-bond acceptors (Lipinski definition) is 2. The van der Waals surface area contributed by atoms with E-state index in [1.807, 2.05) is 0 Å². The van der Waals surface area contributed by atoms with E-state index in [9.17, 15) is 18.0 Å². The Balaban J connectivity index is 2.08. The molecule has 1 aliphatic rings. The molecule has 6 heteroatoms. The van der Waals surface area contributed by atoms with Gasteiger partial charge >= 0.3 is 6.18 Å². The van der Waals surface area contributed by atoms with Crippen LogP contribution in [0.5, 0.6) is 0 Å². The van der Waals surface area contributed by atoms with Gasteiger partial charge in [-0.05, 0) is 49.9 Å². The Morgan fingerprint density at radius 3 is 2.52 bits per heavy atom. The molecule has 0 spiro atoms. The maximum absolute atomic E-state index is 12.5. The topological polar surface area (TPSA) is 40.5 Å². The Bertz CT molecular complexity index is 485. The molecule has 1 aromatic rings. The second kappa shape index (κ2) is 6.47. The SMILES string of the molecule is O=C(c1ccc(C(F)(F)F)cc1)N1CCCC1CCCO. The summed E-state index contributed by atoms with van der Waals surface area (Å²) in [6.45, 7) is 0.703. The van der Waals surface area contributed by atoms with Gasteiger partial charge in [-0.2, -0.15) is 13.2 Å². The molecule has 1 amide bonds. The molecule has 1 unspecified atom stereocenters. The number of rotatable bonds is 4. The van der Waals surface area contributed by atoms with Crippen LogP contribution < -0.4 is 0 Å². The van der Waals surface area contributed by atoms with Gasteiger partial charge < -0.3 is 10.0 Å². The molecule has 21 heavy (non-hydrogen) atoms. The van der Waals surface area contributed by atoms with Crippen LogP contribution in [0.3, 0.4) is 0 Å². The lowest BCUT2D eigenvalue weighted by Crippen LogP contribution is -2.35. The second-order valence-electron chi connectivity index (χ2n) is 5.24. The molecule has 3 nitrogen and oxygen atoms in total. The number of hydrogen-bond donors (Lipinski definition) is 1. The van der Waals surface area contributed by atoms with E-state index in [1.165, 1.54) is 12.1 Å². The zero-order chi connectivity index (χ0) is 15.5. The highest BCUT2D eigenvalue weighted by Crippen LogP contribution is 2.30. The Hall–Kier alpha value is -1.56. The molecule has 116 valence electrons. The largest absolute Gasteiger partial charge is 0.416 e. The summed E-state index contributed by atoms with van der Waals surface area (Å²) in [7, 11) is 0. The Morgan fingerprint density at radius 2 is 1.95 bits per heavy atom. The van der Waals surface area contributed by atoms with Crippen molar-refractivity contribution in [3.05, 3.63) is 35.4 Å². The molecule has 0 bridgehead atoms. The van der Waals surface area contributed by atoms with Gasteiger partial charge in [-0.1, -0.05) is 0 Å². The summed E-state index contributed by atoms with van der Waals surface area (Å²) in [5.41, 5.74) is -0.476. The minimum atomic E-state index is -4.39. The molecule has 0 radical (unpaired) electrons. The zero-order valence-corrected chi connectivity index (χ0v) is 11.6. The summed E-state index contributed by atoms with van der Waals surface area (Å²) in [6.07, 6.45) is -1.27. The molecular weight excluding hydrogens is 283 g/mol. The molecule has 0 aromatic heterocycles. The minimum Gasteiger partial charge on any atom is -0.396 e. The predicted octanol–water partition coefficient (Wildman–Crippen LogP) is 3.08. The third kappa shape index (κ3) is 3.75. The highest BCUT2D eigenvalue weighted by atomic mass is 19.4. The van der Waals surface area contributed by atoms with Gasteiger partial charge in [0.2, 0.25) is 0 Å². The van der Waals surface area contributed by atoms with E-state index < -0.39 is 11.7 Å². The van der Waals surface area contributed by atoms with Gasteiger partial charge in [-0.25, -0.2) is 0 Å². The number of alkyl halides is 3. The molecule has 1 saturated heterocycles. The molecule has 1 fully saturated rings. The summed E-state index contributed by atoms with van der Waals surface area (Å²) in [5.74, 6) is -0.232. The van der Waals surface area contributed by atoms with Crippen molar-refractivity contribution in [2.45, 2.75) is 37.9 Å². The minimum absolute atomic E-state index is 0.0759. The Kier molecular flexibility index (Phi) is 4.88. The van der Waals surface area contributed by atoms with E-state index in [0.29, 0.717) is 13.0 Å². The van der Waals surface area contributed by atoms with E-state index >= 15 is 0 Å². The van der Waals surface area contributed by atoms with Crippen LogP contribution in [-0.2, 0) is 6.18 Å². The first-order valence-corrected chi connectivity index (χ1v) is 7.02. The molecule has 1 aromatic carbocycles. The maximum atomic E-state index is 12.5. The monoisotopic (exact) mass is 301 g/mol. The van der Waals surface area contributed by atoms with Crippen molar-refractivity contribution < 1.29 is 23.1 Å². The summed E-state index contributed by atoms with van der Waals surface area (Å²) >= 11 is 0. The molecule has 1 N–H and O–H groups in total. The van der Waals surface area contributed by atoms with E-state index in [1.54, 1.807) is 4.90 Å². The summed E-state index contributed by atoms with van der Waals surface area (Å²) < 4.78 is 37.5. The van der Waals surface area contributed by atoms with Crippen molar-refractivity contribution in [2.75, 3.05) is 13.2 Å². The zero-order valence-electron chi connectivity index (χ0n) is 11.6. The van der Waals surface area contributed by atoms with Gasteiger partial charge in [-0.15, -0.1) is 0 Å². The van der Waals surface area contributed by atoms with Crippen LogP contribution in [0.2, 0.25) is 0 Å². The van der Waals surface area contributed by atoms with Crippen LogP contribution >= 0.6 is 0 Å². The van der Waals surface area contributed by atoms with E-state index in [2.05, 4.69) is 0 Å². The van der Waals surface area contributed by atoms with E-state index in [4.69, 9.17) is 5.11 Å². The van der Waals surface area contributed by atoms with Crippen LogP contribution in [0, 0.1) is 0 Å². The van der Waals surface area contributed by atoms with Crippen LogP contribution in [0.1, 0.15) is 41.6 Å². The number of amides is 1. The fourth-order valence-electron chi connectivity index (χ4n) is 2.70. The van der Waals surface area contributed by atoms with Crippen molar-refractivity contribution in [3.63, 3.8) is 0 Å². The number of carbonyl (C=O) groups is 1. The Labute approximate surface area is 121 Å². The fourth-order valence-corrected chi connectivity index (χ4v) is 2.70. The third-order valence-electron chi connectivity index (χ3n) is 3.79. The number of aliphatic hydroxyl groups excluding tert-OH is 1. The predicted molar refractivity (Wildman–Crippen MR) is 71.8 cm³/mol. The lowest BCUT2D eigenvalue weighted by Gasteiger charge is -2.24. The van der Waals surface area contributed by atoms with Crippen LogP contribution in [0.25, 0.3) is 0 Å². The lowest BCUT2D eigenvalue weighted by molar-refractivity contribution is -0.137. The maximum Gasteiger partial charge on any atom is 0.416 e. The molecule has 2 rings (SSSR count). The molecule has 0 saturated carbocycles. The highest BCUT2D eigenvalue weighted by Gasteiger charge is 2.32. The first kappa shape index (κ1) is 15.8. The quantitative estimate of drug-likeness (QED) is 0.928. The number of nitrogens with zero attached hydrogens (tertiary/aromatic N) is 1. The number of benzene rings is 1. The van der Waals surface area contributed by atoms with Gasteiger partial charge in [0, 0.05) is 24.8 Å². The van der Waals surface area contributed by atoms with Crippen LogP contribution in [0.4, 0.5) is 13.2 Å². The molecule has 1 atom stereocenters. The van der Waals surface area contributed by atoms with Gasteiger partial charge in [0.1, 0.15) is 0 Å². The first-order valence-electron chi connectivity index (χ1n) is 7.02. The smallest absolute Gasteiger partial charge is 0.396 e. The first-order chi connectivity index (χ1) is 9.93. The van der Waals surface area contributed by atoms with Crippen LogP contribution in [0.15, 0.2) is 24.3 Å². The molecule has 1 heterocycles. The van der Waals surface area contributed by atoms with Gasteiger partial charge in [0.25, 0.3) is 5.91 Å². The molecule has 1 aliphatic heterocycles. The van der Waals surface area contributed by atoms with E-state index in [-0.39, 0.29) is 24.1 Å². The van der Waals surface area contributed by atoms with Crippen LogP contribution in [-0.4, -0.2) is 35.1 Å². The Morgan fingerprint density at radius 1 is 1.29 bits per heavy atom.